The van der Waals surface area contributed by atoms with Crippen LogP contribution in [-0.2, 0) is 15.3 Å². The standard InChI is InChI=1S/C13H14BrNO3S/c1-2-18-13(17)9-5-3-8(4-6-9)7-19-12-10(14)11(16)15-12/h3-6,10,12H,2,7H2,1H3,(H,15,16). The summed E-state index contributed by atoms with van der Waals surface area (Å²) in [5, 5.41) is 2.93. The Morgan fingerprint density at radius 2 is 2.11 bits per heavy atom. The van der Waals surface area contributed by atoms with E-state index in [0.717, 1.165) is 11.3 Å². The molecule has 0 bridgehead atoms. The van der Waals surface area contributed by atoms with Crippen LogP contribution in [0, 0.1) is 0 Å². The van der Waals surface area contributed by atoms with Crippen LogP contribution in [0.2, 0.25) is 0 Å². The molecule has 1 aliphatic heterocycles. The first-order valence-electron chi connectivity index (χ1n) is 5.94. The van der Waals surface area contributed by atoms with Gasteiger partial charge in [0.1, 0.15) is 4.83 Å². The molecule has 2 atom stereocenters. The zero-order chi connectivity index (χ0) is 13.8. The Hall–Kier alpha value is -1.01. The number of β-lactam (4-membered cyclic amide) rings is 1. The first-order valence-corrected chi connectivity index (χ1v) is 7.90. The monoisotopic (exact) mass is 343 g/mol. The number of carbonyl (C=O) groups is 2. The highest BCUT2D eigenvalue weighted by atomic mass is 79.9. The summed E-state index contributed by atoms with van der Waals surface area (Å²) in [4.78, 5) is 22.4. The molecule has 1 fully saturated rings. The molecule has 1 amide bonds. The van der Waals surface area contributed by atoms with Crippen molar-refractivity contribution in [2.24, 2.45) is 0 Å². The average molecular weight is 344 g/mol. The number of hydrogen-bond acceptors (Lipinski definition) is 4. The van der Waals surface area contributed by atoms with E-state index in [2.05, 4.69) is 21.2 Å². The van der Waals surface area contributed by atoms with Crippen LogP contribution in [0.4, 0.5) is 0 Å². The molecule has 0 spiro atoms. The normalized spacial score (nSPS) is 21.5. The van der Waals surface area contributed by atoms with E-state index >= 15 is 0 Å². The number of benzene rings is 1. The van der Waals surface area contributed by atoms with Crippen molar-refractivity contribution >= 4 is 39.6 Å². The molecule has 0 aliphatic carbocycles. The summed E-state index contributed by atoms with van der Waals surface area (Å²) in [7, 11) is 0. The summed E-state index contributed by atoms with van der Waals surface area (Å²) in [5.74, 6) is 0.527. The minimum atomic E-state index is -0.298. The van der Waals surface area contributed by atoms with E-state index in [1.165, 1.54) is 0 Å². The van der Waals surface area contributed by atoms with Crippen LogP contribution in [-0.4, -0.2) is 28.7 Å². The van der Waals surface area contributed by atoms with E-state index in [0.29, 0.717) is 12.2 Å². The van der Waals surface area contributed by atoms with Crippen LogP contribution in [0.5, 0.6) is 0 Å². The maximum Gasteiger partial charge on any atom is 0.338 e. The van der Waals surface area contributed by atoms with Gasteiger partial charge in [0.25, 0.3) is 0 Å². The van der Waals surface area contributed by atoms with Crippen molar-refractivity contribution in [3.63, 3.8) is 0 Å². The third-order valence-electron chi connectivity index (χ3n) is 2.70. The minimum absolute atomic E-state index is 0.0372. The highest BCUT2D eigenvalue weighted by Crippen LogP contribution is 2.28. The lowest BCUT2D eigenvalue weighted by atomic mass is 10.1. The van der Waals surface area contributed by atoms with E-state index in [4.69, 9.17) is 4.74 Å². The molecule has 0 aromatic heterocycles. The van der Waals surface area contributed by atoms with Crippen molar-refractivity contribution in [1.29, 1.82) is 0 Å². The summed E-state index contributed by atoms with van der Waals surface area (Å²) in [6.45, 7) is 2.16. The molecule has 1 N–H and O–H groups in total. The minimum Gasteiger partial charge on any atom is -0.462 e. The summed E-state index contributed by atoms with van der Waals surface area (Å²) in [6.07, 6.45) is 0. The van der Waals surface area contributed by atoms with Gasteiger partial charge in [-0.25, -0.2) is 4.79 Å². The predicted octanol–water partition coefficient (Wildman–Crippen LogP) is 2.32. The quantitative estimate of drug-likeness (QED) is 0.506. The molecule has 4 nitrogen and oxygen atoms in total. The molecule has 1 aliphatic rings. The fourth-order valence-corrected chi connectivity index (χ4v) is 3.38. The van der Waals surface area contributed by atoms with Gasteiger partial charge in [-0.3, -0.25) is 4.79 Å². The highest BCUT2D eigenvalue weighted by molar-refractivity contribution is 9.10. The number of rotatable bonds is 5. The van der Waals surface area contributed by atoms with Crippen molar-refractivity contribution in [3.05, 3.63) is 35.4 Å². The Balaban J connectivity index is 1.85. The molecular formula is C13H14BrNO3S. The second-order valence-corrected chi connectivity index (χ2v) is 6.18. The van der Waals surface area contributed by atoms with Gasteiger partial charge in [-0.15, -0.1) is 11.8 Å². The molecule has 0 radical (unpaired) electrons. The Kier molecular flexibility index (Phi) is 4.87. The number of thioether (sulfide) groups is 1. The van der Waals surface area contributed by atoms with Crippen LogP contribution in [0.3, 0.4) is 0 Å². The van der Waals surface area contributed by atoms with Crippen molar-refractivity contribution < 1.29 is 14.3 Å². The van der Waals surface area contributed by atoms with Gasteiger partial charge >= 0.3 is 5.97 Å². The van der Waals surface area contributed by atoms with Gasteiger partial charge in [0.15, 0.2) is 0 Å². The summed E-state index contributed by atoms with van der Waals surface area (Å²) >= 11 is 4.98. The molecule has 1 heterocycles. The van der Waals surface area contributed by atoms with E-state index in [-0.39, 0.29) is 22.1 Å². The van der Waals surface area contributed by atoms with Crippen molar-refractivity contribution in [2.75, 3.05) is 6.61 Å². The van der Waals surface area contributed by atoms with Crippen LogP contribution < -0.4 is 5.32 Å². The number of carbonyl (C=O) groups excluding carboxylic acids is 2. The number of alkyl halides is 1. The average Bonchev–Trinajstić information content (AvgIpc) is 2.43. The van der Waals surface area contributed by atoms with Crippen LogP contribution >= 0.6 is 27.7 Å². The van der Waals surface area contributed by atoms with Crippen LogP contribution in [0.25, 0.3) is 0 Å². The number of ether oxygens (including phenoxy) is 1. The summed E-state index contributed by atoms with van der Waals surface area (Å²) in [6, 6.07) is 7.34. The van der Waals surface area contributed by atoms with E-state index < -0.39 is 0 Å². The summed E-state index contributed by atoms with van der Waals surface area (Å²) in [5.41, 5.74) is 1.67. The molecule has 102 valence electrons. The highest BCUT2D eigenvalue weighted by Gasteiger charge is 2.37. The van der Waals surface area contributed by atoms with Crippen LogP contribution in [0.15, 0.2) is 24.3 Å². The number of nitrogens with one attached hydrogen (secondary N) is 1. The number of halogens is 1. The maximum absolute atomic E-state index is 11.5. The molecule has 1 aromatic carbocycles. The SMILES string of the molecule is CCOC(=O)c1ccc(CSC2NC(=O)C2Br)cc1. The van der Waals surface area contributed by atoms with E-state index in [1.807, 2.05) is 12.1 Å². The maximum atomic E-state index is 11.5. The Morgan fingerprint density at radius 3 is 2.63 bits per heavy atom. The second kappa shape index (κ2) is 6.43. The number of amides is 1. The third kappa shape index (κ3) is 3.51. The molecule has 19 heavy (non-hydrogen) atoms. The van der Waals surface area contributed by atoms with Crippen molar-refractivity contribution in [1.82, 2.24) is 5.32 Å². The number of hydrogen-bond donors (Lipinski definition) is 1. The Bertz CT molecular complexity index is 477. The largest absolute Gasteiger partial charge is 0.462 e. The molecule has 1 aromatic rings. The fourth-order valence-electron chi connectivity index (χ4n) is 1.60. The van der Waals surface area contributed by atoms with Crippen LogP contribution in [0.1, 0.15) is 22.8 Å². The van der Waals surface area contributed by atoms with Gasteiger partial charge in [-0.1, -0.05) is 28.1 Å². The summed E-state index contributed by atoms with van der Waals surface area (Å²) < 4.78 is 4.92. The van der Waals surface area contributed by atoms with Gasteiger partial charge < -0.3 is 10.1 Å². The fraction of sp³-hybridized carbons (Fsp3) is 0.385. The van der Waals surface area contributed by atoms with Crippen molar-refractivity contribution in [2.45, 2.75) is 22.9 Å². The lowest BCUT2D eigenvalue weighted by Gasteiger charge is -2.32. The lowest BCUT2D eigenvalue weighted by molar-refractivity contribution is -0.125. The van der Waals surface area contributed by atoms with E-state index in [9.17, 15) is 9.59 Å². The molecule has 2 unspecified atom stereocenters. The third-order valence-corrected chi connectivity index (χ3v) is 5.24. The molecule has 2 rings (SSSR count). The van der Waals surface area contributed by atoms with Crippen molar-refractivity contribution in [3.8, 4) is 0 Å². The van der Waals surface area contributed by atoms with E-state index in [1.54, 1.807) is 30.8 Å². The first-order chi connectivity index (χ1) is 9.11. The first kappa shape index (κ1) is 14.4. The molecular weight excluding hydrogens is 330 g/mol. The van der Waals surface area contributed by atoms with Gasteiger partial charge in [-0.2, -0.15) is 0 Å². The zero-order valence-corrected chi connectivity index (χ0v) is 12.8. The smallest absolute Gasteiger partial charge is 0.338 e. The zero-order valence-electron chi connectivity index (χ0n) is 10.4. The van der Waals surface area contributed by atoms with Gasteiger partial charge in [-0.05, 0) is 24.6 Å². The topological polar surface area (TPSA) is 55.4 Å². The molecule has 6 heteroatoms. The molecule has 1 saturated heterocycles. The molecule has 0 saturated carbocycles. The number of esters is 1. The Morgan fingerprint density at radius 1 is 1.42 bits per heavy atom. The Labute approximate surface area is 124 Å². The van der Waals surface area contributed by atoms with Gasteiger partial charge in [0.05, 0.1) is 17.5 Å². The van der Waals surface area contributed by atoms with Gasteiger partial charge in [0, 0.05) is 5.75 Å². The second-order valence-electron chi connectivity index (χ2n) is 4.06. The van der Waals surface area contributed by atoms with Gasteiger partial charge in [0.2, 0.25) is 5.91 Å². The lowest BCUT2D eigenvalue weighted by Crippen LogP contribution is -2.57. The predicted molar refractivity (Wildman–Crippen MR) is 78.3 cm³/mol.